The number of carbonyl (C=O) groups excluding carboxylic acids is 17. The molecule has 17 amide bonds. The van der Waals surface area contributed by atoms with Crippen molar-refractivity contribution >= 4 is 118 Å². The van der Waals surface area contributed by atoms with Crippen LogP contribution in [0.5, 0.6) is 0 Å². The van der Waals surface area contributed by atoms with E-state index in [1.165, 1.54) is 20.8 Å². The Labute approximate surface area is 697 Å². The second-order valence-electron chi connectivity index (χ2n) is 31.0. The molecule has 0 radical (unpaired) electrons. The van der Waals surface area contributed by atoms with E-state index in [1.54, 1.807) is 84.0 Å². The number of carboxylic acid groups (broad SMARTS) is 2. The molecule has 666 valence electrons. The van der Waals surface area contributed by atoms with Gasteiger partial charge in [0.05, 0.1) is 19.4 Å². The minimum Gasteiger partial charge on any atom is -0.481 e. The van der Waals surface area contributed by atoms with Gasteiger partial charge in [-0.2, -0.15) is 0 Å². The van der Waals surface area contributed by atoms with Crippen molar-refractivity contribution in [2.75, 3.05) is 26.2 Å². The Morgan fingerprint density at radius 2 is 1.26 bits per heavy atom. The summed E-state index contributed by atoms with van der Waals surface area (Å²) in [5.74, 6) is -21.3. The summed E-state index contributed by atoms with van der Waals surface area (Å²) in [4.78, 5) is 267. The number of primary amides is 1. The fraction of sp³-hybridized carbons (Fsp3) is 0.620. The van der Waals surface area contributed by atoms with Gasteiger partial charge in [0.25, 0.3) is 0 Å². The number of carboxylic acids is 2. The maximum atomic E-state index is 15.1. The summed E-state index contributed by atoms with van der Waals surface area (Å²) in [5, 5.41) is 60.4. The summed E-state index contributed by atoms with van der Waals surface area (Å²) in [5.41, 5.74) is 13.8. The lowest BCUT2D eigenvalue weighted by Crippen LogP contribution is -2.64. The van der Waals surface area contributed by atoms with Crippen LogP contribution in [0.4, 0.5) is 0 Å². The molecule has 0 bridgehead atoms. The third-order valence-electron chi connectivity index (χ3n) is 20.2. The Bertz CT molecular complexity index is 3860. The van der Waals surface area contributed by atoms with Gasteiger partial charge in [-0.25, -0.2) is 0 Å². The van der Waals surface area contributed by atoms with Crippen molar-refractivity contribution in [3.63, 3.8) is 0 Å². The molecule has 1 aromatic carbocycles. The molecule has 0 aromatic heterocycles. The molecule has 41 heteroatoms. The van der Waals surface area contributed by atoms with E-state index in [1.807, 2.05) is 0 Å². The van der Waals surface area contributed by atoms with Gasteiger partial charge in [0, 0.05) is 39.4 Å². The van der Waals surface area contributed by atoms with Crippen LogP contribution in [0.15, 0.2) is 60.1 Å². The summed E-state index contributed by atoms with van der Waals surface area (Å²) in [6.07, 6.45) is 1.90. The zero-order valence-electron chi connectivity index (χ0n) is 70.0. The van der Waals surface area contributed by atoms with Crippen molar-refractivity contribution in [2.45, 2.75) is 269 Å². The maximum absolute atomic E-state index is 15.1. The lowest BCUT2D eigenvalue weighted by Gasteiger charge is -2.34. The molecule has 15 atom stereocenters. The lowest BCUT2D eigenvalue weighted by molar-refractivity contribution is -0.142. The second kappa shape index (κ2) is 51.3. The fourth-order valence-corrected chi connectivity index (χ4v) is 12.8. The monoisotopic (exact) mass is 1690 g/mol. The number of amides is 17. The number of aliphatic carboxylic acids is 2. The molecule has 24 N–H and O–H groups in total. The highest BCUT2D eigenvalue weighted by molar-refractivity contribution is 6.02. The second-order valence-corrected chi connectivity index (χ2v) is 31.0. The first-order valence-corrected chi connectivity index (χ1v) is 40.3. The molecule has 0 saturated carbocycles. The molecule has 41 nitrogen and oxygen atoms in total. The topological polar surface area (TPSA) is 648 Å². The van der Waals surface area contributed by atoms with Crippen molar-refractivity contribution in [3.05, 3.63) is 60.7 Å². The molecule has 0 aliphatic carbocycles. The molecular formula is C79H124N20O21. The van der Waals surface area contributed by atoms with Crippen LogP contribution in [-0.4, -0.2) is 232 Å². The number of carbonyl (C=O) groups is 19. The molecular weight excluding hydrogens is 1560 g/mol. The Morgan fingerprint density at radius 3 is 1.85 bits per heavy atom. The number of rotatable bonds is 32. The molecule has 2 aliphatic heterocycles. The van der Waals surface area contributed by atoms with Crippen LogP contribution in [0, 0.1) is 17.8 Å². The number of allylic oxidation sites excluding steroid dienone is 2. The molecule has 15 unspecified atom stereocenters. The Hall–Kier alpha value is -12.1. The standard InChI is InChI=1S/C79H124N20O21/c1-12-44(6)62-73(117)86-42-59(103)89-55(40-61(106)107)72(116)99-78(10,75(119)95-52(64(80)108)38-48-27-20-19-21-28-48)33-23-17-15-16-18-24-34-79(11,76(120)97-62)98-71(115)50(30-26-36-84-77(81)82)90-68(112)53(37-43(4)5)93-67(111)51(31-32-60(104)105)91-69(113)54-39-58(102)83-35-25-22-29-49(88-47(9)100)66(110)94-56(41-85-57(101)14-3)70(114)96-63(45(7)13-2)74(118)87-46(8)65(109)92-54/h14-16,19-21,27-28,43-46,49-56,62-63H,3,12-13,17-18,22-26,29-42H2,1-2,4-11H3,(H2,80,108)(H,83,102)(H,85,101)(H,86,117)(H,87,118)(H,88,100)(H,89,103)(H,90,112)(H,91,113)(H,92,109)(H,93,111)(H,94,110)(H,95,119)(H,96,114)(H,97,120)(H,98,115)(H,99,116)(H,104,105)(H,106,107)(H4,81,82,84). The van der Waals surface area contributed by atoms with Gasteiger partial charge in [-0.15, -0.1) is 0 Å². The first-order chi connectivity index (χ1) is 56.5. The third-order valence-corrected chi connectivity index (χ3v) is 20.2. The Balaban J connectivity index is 2.11. The van der Waals surface area contributed by atoms with E-state index in [0.29, 0.717) is 5.56 Å². The molecule has 1 saturated heterocycles. The van der Waals surface area contributed by atoms with Crippen molar-refractivity contribution in [2.24, 2.45) is 39.9 Å². The first kappa shape index (κ1) is 102. The van der Waals surface area contributed by atoms with Gasteiger partial charge in [0.2, 0.25) is 100 Å². The van der Waals surface area contributed by atoms with E-state index >= 15 is 9.59 Å². The van der Waals surface area contributed by atoms with Crippen LogP contribution < -0.4 is 102 Å². The first-order valence-electron chi connectivity index (χ1n) is 40.3. The van der Waals surface area contributed by atoms with Crippen LogP contribution >= 0.6 is 0 Å². The van der Waals surface area contributed by atoms with E-state index in [0.717, 1.165) is 13.0 Å². The summed E-state index contributed by atoms with van der Waals surface area (Å²) < 4.78 is 0. The number of nitrogens with one attached hydrogen (secondary N) is 16. The van der Waals surface area contributed by atoms with Crippen LogP contribution in [0.2, 0.25) is 0 Å². The number of benzene rings is 1. The third kappa shape index (κ3) is 36.4. The minimum absolute atomic E-state index is 0.00998. The van der Waals surface area contributed by atoms with Crippen LogP contribution in [0.25, 0.3) is 0 Å². The van der Waals surface area contributed by atoms with E-state index in [-0.39, 0.29) is 115 Å². The van der Waals surface area contributed by atoms with Gasteiger partial charge in [0.15, 0.2) is 5.96 Å². The van der Waals surface area contributed by atoms with Gasteiger partial charge >= 0.3 is 11.9 Å². The van der Waals surface area contributed by atoms with Gasteiger partial charge in [-0.05, 0) is 134 Å². The van der Waals surface area contributed by atoms with Gasteiger partial charge in [-0.3, -0.25) is 96.1 Å². The van der Waals surface area contributed by atoms with Gasteiger partial charge < -0.3 is 112 Å². The number of hydrogen-bond donors (Lipinski definition) is 21. The molecule has 2 heterocycles. The average molecular weight is 1690 g/mol. The highest BCUT2D eigenvalue weighted by atomic mass is 16.4. The molecule has 2 aliphatic rings. The summed E-state index contributed by atoms with van der Waals surface area (Å²) in [6.45, 7) is 16.8. The predicted molar refractivity (Wildman–Crippen MR) is 437 cm³/mol. The van der Waals surface area contributed by atoms with Crippen molar-refractivity contribution in [3.8, 4) is 0 Å². The molecule has 120 heavy (non-hydrogen) atoms. The van der Waals surface area contributed by atoms with Gasteiger partial charge in [-0.1, -0.05) is 103 Å². The normalized spacial score (nSPS) is 23.5. The number of hydrogen-bond acceptors (Lipinski definition) is 20. The van der Waals surface area contributed by atoms with Gasteiger partial charge in [0.1, 0.15) is 77.5 Å². The summed E-state index contributed by atoms with van der Waals surface area (Å²) >= 11 is 0. The average Bonchev–Trinajstić information content (AvgIpc) is 0.877. The predicted octanol–water partition coefficient (Wildman–Crippen LogP) is -3.61. The largest absolute Gasteiger partial charge is 0.481 e. The van der Waals surface area contributed by atoms with Crippen LogP contribution in [0.3, 0.4) is 0 Å². The number of nitrogens with zero attached hydrogens (tertiary/aromatic N) is 1. The van der Waals surface area contributed by atoms with E-state index < -0.39 is 246 Å². The highest BCUT2D eigenvalue weighted by Gasteiger charge is 2.43. The number of aliphatic imine (C=N–C) groups is 1. The van der Waals surface area contributed by atoms with Crippen LogP contribution in [0.1, 0.15) is 190 Å². The molecule has 3 rings (SSSR count). The maximum Gasteiger partial charge on any atom is 0.305 e. The lowest BCUT2D eigenvalue weighted by atomic mass is 9.90. The van der Waals surface area contributed by atoms with E-state index in [2.05, 4.69) is 96.6 Å². The van der Waals surface area contributed by atoms with Crippen molar-refractivity contribution < 1.29 is 101 Å². The fourth-order valence-electron chi connectivity index (χ4n) is 12.8. The molecule has 1 aromatic rings. The van der Waals surface area contributed by atoms with Crippen LogP contribution in [-0.2, 0) is 97.5 Å². The Morgan fingerprint density at radius 1 is 0.642 bits per heavy atom. The minimum atomic E-state index is -1.96. The quantitative estimate of drug-likeness (QED) is 0.0109. The van der Waals surface area contributed by atoms with Crippen molar-refractivity contribution in [1.82, 2.24) is 85.1 Å². The van der Waals surface area contributed by atoms with Crippen molar-refractivity contribution in [1.29, 1.82) is 0 Å². The zero-order valence-corrected chi connectivity index (χ0v) is 70.0. The molecule has 1 fully saturated rings. The number of guanidine groups is 1. The number of nitrogens with two attached hydrogens (primary N) is 3. The van der Waals surface area contributed by atoms with E-state index in [9.17, 15) is 91.7 Å². The molecule has 0 spiro atoms. The SMILES string of the molecule is C=CC(=O)NCC1NC(=O)C(NC(C)=O)CCCCNC(=O)CC(C(=O)NC(CCC(=O)O)C(=O)NC(CC(C)C)C(=O)NC(CCCN=C(N)N)C(=O)NC2(C)CCCC=CCCCC(C)(C(=O)NC(Cc3ccccc3)C(N)=O)NC(=O)C(CC(=O)O)NC(=O)CNC(=O)C(C(C)CC)NC2=O)NC(=O)C(C)NC(=O)C(C(C)CC)NC1=O. The van der Waals surface area contributed by atoms with E-state index in [4.69, 9.17) is 17.2 Å². The summed E-state index contributed by atoms with van der Waals surface area (Å²) in [7, 11) is 0. The summed E-state index contributed by atoms with van der Waals surface area (Å²) in [6, 6.07) is -8.68. The zero-order chi connectivity index (χ0) is 90.1. The smallest absolute Gasteiger partial charge is 0.305 e. The highest BCUT2D eigenvalue weighted by Crippen LogP contribution is 2.22. The Kier molecular flexibility index (Phi) is 43.6.